The number of carbonyl (C=O) groups is 2. The van der Waals surface area contributed by atoms with Crippen LogP contribution in [-0.2, 0) is 14.3 Å². The molecular weight excluding hydrogens is 505 g/mol. The minimum atomic E-state index is -4.90. The molecule has 0 saturated heterocycles. The van der Waals surface area contributed by atoms with E-state index < -0.39 is 35.2 Å². The minimum absolute atomic E-state index is 0.118. The van der Waals surface area contributed by atoms with Crippen LogP contribution in [0, 0.1) is 11.8 Å². The molecule has 9 nitrogen and oxygen atoms in total. The highest BCUT2D eigenvalue weighted by molar-refractivity contribution is 5.99. The normalized spacial score (nSPS) is 26.5. The van der Waals surface area contributed by atoms with Crippen molar-refractivity contribution in [1.29, 1.82) is 0 Å². The topological polar surface area (TPSA) is 115 Å². The van der Waals surface area contributed by atoms with Crippen molar-refractivity contribution >= 4 is 17.8 Å². The molecule has 3 aliphatic rings. The van der Waals surface area contributed by atoms with Gasteiger partial charge in [0.1, 0.15) is 17.1 Å². The fourth-order valence-corrected chi connectivity index (χ4v) is 5.56. The van der Waals surface area contributed by atoms with Crippen LogP contribution in [0.15, 0.2) is 23.2 Å². The maximum Gasteiger partial charge on any atom is 0.573 e. The fourth-order valence-electron chi connectivity index (χ4n) is 5.56. The second-order valence-corrected chi connectivity index (χ2v) is 11.4. The first kappa shape index (κ1) is 28.0. The number of methoxy groups -OCH3 is 1. The number of guanidine groups is 1. The van der Waals surface area contributed by atoms with Gasteiger partial charge in [0.15, 0.2) is 5.96 Å². The maximum atomic E-state index is 13.4. The van der Waals surface area contributed by atoms with Gasteiger partial charge in [-0.1, -0.05) is 6.07 Å². The Bertz CT molecular complexity index is 1120. The van der Waals surface area contributed by atoms with E-state index in [9.17, 15) is 22.8 Å². The summed E-state index contributed by atoms with van der Waals surface area (Å²) in [5, 5.41) is 2.94. The lowest BCUT2D eigenvalue weighted by Gasteiger charge is -2.39. The second kappa shape index (κ2) is 9.94. The summed E-state index contributed by atoms with van der Waals surface area (Å²) < 4.78 is 54.7. The monoisotopic (exact) mass is 540 g/mol. The maximum absolute atomic E-state index is 13.4. The van der Waals surface area contributed by atoms with Crippen LogP contribution in [0.25, 0.3) is 0 Å². The van der Waals surface area contributed by atoms with Gasteiger partial charge in [0.2, 0.25) is 11.8 Å². The van der Waals surface area contributed by atoms with Crippen LogP contribution in [0.5, 0.6) is 11.5 Å². The number of nitrogens with two attached hydrogens (primary N) is 1. The van der Waals surface area contributed by atoms with Gasteiger partial charge in [-0.3, -0.25) is 14.5 Å². The molecule has 38 heavy (non-hydrogen) atoms. The fraction of sp³-hybridized carbons (Fsp3) is 0.654. The number of amides is 2. The predicted molar refractivity (Wildman–Crippen MR) is 132 cm³/mol. The number of alkyl halides is 3. The molecule has 1 fully saturated rings. The summed E-state index contributed by atoms with van der Waals surface area (Å²) in [6.45, 7) is 7.63. The lowest BCUT2D eigenvalue weighted by atomic mass is 9.89. The SMILES string of the molecule is COCC[C@H](C1C[C@H]1C(=O)N[C@@H]1CC(C)(C)Oc2cccc(OC(F)(F)F)c21)N1C(=O)CC(C)(C)N=C1N. The van der Waals surface area contributed by atoms with Crippen molar-refractivity contribution in [2.45, 2.75) is 83.0 Å². The number of nitrogens with zero attached hydrogens (tertiary/aromatic N) is 2. The van der Waals surface area contributed by atoms with Gasteiger partial charge in [-0.05, 0) is 58.6 Å². The number of fused-ring (bicyclic) bond motifs is 1. The summed E-state index contributed by atoms with van der Waals surface area (Å²) in [6, 6.07) is 3.04. The molecular formula is C26H35F3N4O5. The zero-order valence-corrected chi connectivity index (χ0v) is 22.2. The number of ether oxygens (including phenoxy) is 3. The molecule has 4 rings (SSSR count). The highest BCUT2D eigenvalue weighted by Gasteiger charge is 2.53. The number of nitrogens with one attached hydrogen (secondary N) is 1. The molecule has 0 bridgehead atoms. The van der Waals surface area contributed by atoms with Gasteiger partial charge < -0.3 is 25.3 Å². The molecule has 210 valence electrons. The lowest BCUT2D eigenvalue weighted by Crippen LogP contribution is -2.55. The third-order valence-electron chi connectivity index (χ3n) is 7.14. The van der Waals surface area contributed by atoms with E-state index in [-0.39, 0.29) is 53.9 Å². The Morgan fingerprint density at radius 3 is 2.66 bits per heavy atom. The Balaban J connectivity index is 1.55. The van der Waals surface area contributed by atoms with Crippen molar-refractivity contribution < 1.29 is 37.0 Å². The van der Waals surface area contributed by atoms with E-state index in [0.717, 1.165) is 0 Å². The van der Waals surface area contributed by atoms with Crippen LogP contribution in [-0.4, -0.2) is 59.9 Å². The van der Waals surface area contributed by atoms with Gasteiger partial charge in [-0.25, -0.2) is 4.99 Å². The highest BCUT2D eigenvalue weighted by atomic mass is 19.4. The third kappa shape index (κ3) is 6.16. The summed E-state index contributed by atoms with van der Waals surface area (Å²) in [6.07, 6.45) is -3.50. The van der Waals surface area contributed by atoms with Crippen LogP contribution in [0.4, 0.5) is 13.2 Å². The lowest BCUT2D eigenvalue weighted by molar-refractivity contribution is -0.275. The van der Waals surface area contributed by atoms with Crippen LogP contribution in [0.1, 0.15) is 65.0 Å². The number of hydrogen-bond acceptors (Lipinski definition) is 7. The minimum Gasteiger partial charge on any atom is -0.487 e. The van der Waals surface area contributed by atoms with Gasteiger partial charge in [0, 0.05) is 32.1 Å². The number of rotatable bonds is 8. The molecule has 0 spiro atoms. The first-order valence-corrected chi connectivity index (χ1v) is 12.7. The van der Waals surface area contributed by atoms with Crippen molar-refractivity contribution in [1.82, 2.24) is 10.2 Å². The first-order chi connectivity index (χ1) is 17.6. The summed E-state index contributed by atoms with van der Waals surface area (Å²) in [5.41, 5.74) is 5.01. The Morgan fingerprint density at radius 2 is 2.03 bits per heavy atom. The molecule has 2 aliphatic heterocycles. The standard InChI is InChI=1S/C26H35F3N4O5/c1-24(2)13-20(34)33(23(30)32-24)17(9-10-36-5)14-11-15(14)22(35)31-16-12-25(3,4)37-18-7-6-8-19(21(16)18)38-26(27,28)29/h6-8,14-17H,9-13H2,1-5H3,(H2,30,32)(H,31,35)/t14?,15-,16-,17-/m1/s1. The Hall–Kier alpha value is -3.02. The molecule has 12 heteroatoms. The quantitative estimate of drug-likeness (QED) is 0.520. The van der Waals surface area contributed by atoms with Gasteiger partial charge in [0.05, 0.1) is 23.6 Å². The molecule has 1 aromatic carbocycles. The average Bonchev–Trinajstić information content (AvgIpc) is 3.53. The molecule has 2 heterocycles. The van der Waals surface area contributed by atoms with Crippen molar-refractivity contribution in [3.05, 3.63) is 23.8 Å². The van der Waals surface area contributed by atoms with E-state index in [2.05, 4.69) is 15.0 Å². The number of carbonyl (C=O) groups excluding carboxylic acids is 2. The number of halogens is 3. The van der Waals surface area contributed by atoms with Crippen LogP contribution in [0.2, 0.25) is 0 Å². The van der Waals surface area contributed by atoms with Crippen molar-refractivity contribution in [3.8, 4) is 11.5 Å². The average molecular weight is 541 g/mol. The van der Waals surface area contributed by atoms with E-state index in [1.54, 1.807) is 27.0 Å². The number of benzene rings is 1. The molecule has 0 radical (unpaired) electrons. The van der Waals surface area contributed by atoms with Gasteiger partial charge in [-0.15, -0.1) is 13.2 Å². The van der Waals surface area contributed by atoms with Crippen molar-refractivity contribution in [2.24, 2.45) is 22.6 Å². The van der Waals surface area contributed by atoms with E-state index >= 15 is 0 Å². The molecule has 1 unspecified atom stereocenters. The second-order valence-electron chi connectivity index (χ2n) is 11.4. The molecule has 1 saturated carbocycles. The number of hydrogen-bond donors (Lipinski definition) is 2. The first-order valence-electron chi connectivity index (χ1n) is 12.7. The molecule has 1 aromatic rings. The van der Waals surface area contributed by atoms with Crippen LogP contribution < -0.4 is 20.5 Å². The molecule has 0 aromatic heterocycles. The van der Waals surface area contributed by atoms with Crippen molar-refractivity contribution in [3.63, 3.8) is 0 Å². The van der Waals surface area contributed by atoms with E-state index in [1.165, 1.54) is 17.0 Å². The van der Waals surface area contributed by atoms with E-state index in [1.807, 2.05) is 13.8 Å². The Morgan fingerprint density at radius 1 is 1.32 bits per heavy atom. The summed E-state index contributed by atoms with van der Waals surface area (Å²) in [7, 11) is 1.55. The van der Waals surface area contributed by atoms with Crippen molar-refractivity contribution in [2.75, 3.05) is 13.7 Å². The molecule has 2 amide bonds. The molecule has 1 aliphatic carbocycles. The third-order valence-corrected chi connectivity index (χ3v) is 7.14. The zero-order valence-electron chi connectivity index (χ0n) is 22.2. The van der Waals surface area contributed by atoms with E-state index in [0.29, 0.717) is 19.4 Å². The Kier molecular flexibility index (Phi) is 7.32. The largest absolute Gasteiger partial charge is 0.573 e. The van der Waals surface area contributed by atoms with Crippen LogP contribution >= 0.6 is 0 Å². The number of aliphatic imine (C=N–C) groups is 1. The van der Waals surface area contributed by atoms with Gasteiger partial charge >= 0.3 is 6.36 Å². The van der Waals surface area contributed by atoms with Crippen LogP contribution in [0.3, 0.4) is 0 Å². The predicted octanol–water partition coefficient (Wildman–Crippen LogP) is 3.67. The smallest absolute Gasteiger partial charge is 0.487 e. The summed E-state index contributed by atoms with van der Waals surface area (Å²) in [4.78, 5) is 32.4. The summed E-state index contributed by atoms with van der Waals surface area (Å²) in [5.74, 6) is -1.18. The Labute approximate surface area is 219 Å². The van der Waals surface area contributed by atoms with E-state index in [4.69, 9.17) is 15.2 Å². The molecule has 4 atom stereocenters. The zero-order chi connectivity index (χ0) is 28.0. The summed E-state index contributed by atoms with van der Waals surface area (Å²) >= 11 is 0. The van der Waals surface area contributed by atoms with Gasteiger partial charge in [0.25, 0.3) is 0 Å². The molecule has 3 N–H and O–H groups in total. The van der Waals surface area contributed by atoms with Gasteiger partial charge in [-0.2, -0.15) is 0 Å². The highest BCUT2D eigenvalue weighted by Crippen LogP contribution is 2.48.